The number of hydrogen-bond donors (Lipinski definition) is 2. The molecular weight excluding hydrogens is 833 g/mol. The van der Waals surface area contributed by atoms with Crippen molar-refractivity contribution in [2.75, 3.05) is 9.80 Å². The first kappa shape index (κ1) is 53.9. The van der Waals surface area contributed by atoms with Crippen LogP contribution in [0.2, 0.25) is 0 Å². The van der Waals surface area contributed by atoms with E-state index in [0.717, 1.165) is 72.4 Å². The van der Waals surface area contributed by atoms with Gasteiger partial charge in [-0.05, 0) is 133 Å². The number of aryl methyl sites for hydroxylation is 2. The minimum atomic E-state index is -0.147. The SMILES string of the molecule is CCCCCCCCc1cccc(N(C(O)=S)c2ccccc2Cc2ccccc2N(C(O)=S)c2cccc(CCCCCCCC)c2CCCCCCCC)c1CCCCCCCC. The lowest BCUT2D eigenvalue weighted by atomic mass is 9.93. The number of aliphatic hydroxyl groups excluding tert-OH is 2. The van der Waals surface area contributed by atoms with Crippen LogP contribution in [-0.4, -0.2) is 20.6 Å². The van der Waals surface area contributed by atoms with E-state index < -0.39 is 0 Å². The van der Waals surface area contributed by atoms with Crippen molar-refractivity contribution in [1.82, 2.24) is 0 Å². The molecule has 0 aromatic heterocycles. The molecule has 0 atom stereocenters. The predicted molar refractivity (Wildman–Crippen MR) is 292 cm³/mol. The zero-order chi connectivity index (χ0) is 46.5. The average molecular weight is 919 g/mol. The van der Waals surface area contributed by atoms with Gasteiger partial charge < -0.3 is 10.2 Å². The van der Waals surface area contributed by atoms with Crippen LogP contribution < -0.4 is 9.80 Å². The third-order valence-electron chi connectivity index (χ3n) is 13.4. The molecule has 0 aliphatic heterocycles. The Kier molecular flexibility index (Phi) is 26.6. The molecular formula is C59H86N2O2S2. The topological polar surface area (TPSA) is 46.9 Å². The Hall–Kier alpha value is -3.74. The van der Waals surface area contributed by atoms with E-state index in [-0.39, 0.29) is 10.3 Å². The van der Waals surface area contributed by atoms with Gasteiger partial charge in [-0.1, -0.05) is 217 Å². The molecule has 4 aromatic carbocycles. The van der Waals surface area contributed by atoms with Crippen LogP contribution in [0.25, 0.3) is 0 Å². The van der Waals surface area contributed by atoms with Crippen molar-refractivity contribution in [1.29, 1.82) is 0 Å². The van der Waals surface area contributed by atoms with Crippen molar-refractivity contribution in [2.45, 2.75) is 214 Å². The number of benzene rings is 4. The van der Waals surface area contributed by atoms with E-state index >= 15 is 0 Å². The second kappa shape index (κ2) is 32.0. The number of unbranched alkanes of at least 4 members (excludes halogenated alkanes) is 20. The fourth-order valence-electron chi connectivity index (χ4n) is 9.70. The summed E-state index contributed by atoms with van der Waals surface area (Å²) in [7, 11) is 0. The second-order valence-electron chi connectivity index (χ2n) is 18.6. The fraction of sp³-hybridized carbons (Fsp3) is 0.559. The van der Waals surface area contributed by atoms with Crippen LogP contribution in [-0.2, 0) is 32.1 Å². The molecule has 0 radical (unpaired) electrons. The van der Waals surface area contributed by atoms with Crippen molar-refractivity contribution in [3.05, 3.63) is 118 Å². The molecule has 4 aromatic rings. The zero-order valence-electron chi connectivity index (χ0n) is 41.2. The Morgan fingerprint density at radius 3 is 0.954 bits per heavy atom. The van der Waals surface area contributed by atoms with Gasteiger partial charge in [0.25, 0.3) is 10.3 Å². The molecule has 0 spiro atoms. The summed E-state index contributed by atoms with van der Waals surface area (Å²) in [5.41, 5.74) is 11.1. The van der Waals surface area contributed by atoms with E-state index in [1.165, 1.54) is 164 Å². The summed E-state index contributed by atoms with van der Waals surface area (Å²) in [5, 5.41) is 22.8. The van der Waals surface area contributed by atoms with Crippen LogP contribution in [0.5, 0.6) is 0 Å². The lowest BCUT2D eigenvalue weighted by Gasteiger charge is -2.30. The standard InChI is InChI=1S/C59H86N2O2S2/c1-5-9-13-17-21-25-35-48-39-33-45-56(52(48)41-27-23-19-15-11-7-3)60(58(62)64)54-43-31-29-37-50(54)47-51-38-30-32-44-55(51)61(59(63)65)57-46-34-40-49(36-26-22-18-14-10-6-2)53(57)42-28-24-20-16-12-8-4/h29-34,37-40,43-46H,5-28,35-36,41-42,47H2,1-4H3,(H,62,64)(H,63,65). The first-order valence-electron chi connectivity index (χ1n) is 26.3. The van der Waals surface area contributed by atoms with Gasteiger partial charge in [-0.2, -0.15) is 0 Å². The molecule has 0 bridgehead atoms. The molecule has 0 saturated carbocycles. The first-order chi connectivity index (χ1) is 31.9. The molecule has 0 saturated heterocycles. The average Bonchev–Trinajstić information content (AvgIpc) is 3.30. The van der Waals surface area contributed by atoms with Gasteiger partial charge in [0.1, 0.15) is 0 Å². The molecule has 0 unspecified atom stereocenters. The Morgan fingerprint density at radius 2 is 0.615 bits per heavy atom. The highest BCUT2D eigenvalue weighted by Crippen LogP contribution is 2.39. The lowest BCUT2D eigenvalue weighted by molar-refractivity contribution is 0.556. The summed E-state index contributed by atoms with van der Waals surface area (Å²) in [6.07, 6.45) is 34.4. The number of hydrogen-bond acceptors (Lipinski definition) is 2. The molecule has 6 heteroatoms. The Labute approximate surface area is 407 Å². The lowest BCUT2D eigenvalue weighted by Crippen LogP contribution is -2.27. The first-order valence-corrected chi connectivity index (χ1v) is 27.1. The number of rotatable bonds is 34. The second-order valence-corrected chi connectivity index (χ2v) is 19.3. The molecule has 0 amide bonds. The number of para-hydroxylation sites is 2. The maximum absolute atomic E-state index is 11.6. The van der Waals surface area contributed by atoms with Crippen molar-refractivity contribution in [3.63, 3.8) is 0 Å². The van der Waals surface area contributed by atoms with Crippen LogP contribution in [0, 0.1) is 0 Å². The molecule has 356 valence electrons. The van der Waals surface area contributed by atoms with E-state index in [9.17, 15) is 10.2 Å². The Bertz CT molecular complexity index is 1820. The monoisotopic (exact) mass is 919 g/mol. The number of anilines is 4. The summed E-state index contributed by atoms with van der Waals surface area (Å²) in [6, 6.07) is 29.9. The number of thiocarbonyl (C=S) groups is 2. The maximum Gasteiger partial charge on any atom is 0.266 e. The Morgan fingerprint density at radius 1 is 0.338 bits per heavy atom. The van der Waals surface area contributed by atoms with E-state index in [1.54, 1.807) is 0 Å². The normalized spacial score (nSPS) is 11.3. The molecule has 2 N–H and O–H groups in total. The number of aliphatic hydroxyl groups is 2. The molecule has 0 fully saturated rings. The molecule has 4 rings (SSSR count). The molecule has 4 nitrogen and oxygen atoms in total. The summed E-state index contributed by atoms with van der Waals surface area (Å²) >= 11 is 11.5. The van der Waals surface area contributed by atoms with Gasteiger partial charge in [-0.25, -0.2) is 0 Å². The van der Waals surface area contributed by atoms with Gasteiger partial charge in [-0.3, -0.25) is 9.80 Å². The van der Waals surface area contributed by atoms with Crippen LogP contribution >= 0.6 is 24.4 Å². The van der Waals surface area contributed by atoms with Crippen LogP contribution in [0.15, 0.2) is 84.9 Å². The third-order valence-corrected chi connectivity index (χ3v) is 13.7. The zero-order valence-corrected chi connectivity index (χ0v) is 42.8. The van der Waals surface area contributed by atoms with E-state index in [2.05, 4.69) is 100 Å². The van der Waals surface area contributed by atoms with Crippen LogP contribution in [0.1, 0.15) is 215 Å². The van der Waals surface area contributed by atoms with E-state index in [1.807, 2.05) is 21.9 Å². The summed E-state index contributed by atoms with van der Waals surface area (Å²) in [5.74, 6) is 0. The largest absolute Gasteiger partial charge is 0.486 e. The van der Waals surface area contributed by atoms with Gasteiger partial charge in [0.15, 0.2) is 0 Å². The third kappa shape index (κ3) is 18.1. The van der Waals surface area contributed by atoms with Crippen LogP contribution in [0.4, 0.5) is 22.7 Å². The van der Waals surface area contributed by atoms with Crippen molar-refractivity contribution >= 4 is 57.5 Å². The van der Waals surface area contributed by atoms with Gasteiger partial charge in [0, 0.05) is 6.42 Å². The minimum Gasteiger partial charge on any atom is -0.486 e. The van der Waals surface area contributed by atoms with Gasteiger partial charge in [0.2, 0.25) is 0 Å². The highest BCUT2D eigenvalue weighted by molar-refractivity contribution is 7.80. The summed E-state index contributed by atoms with van der Waals surface area (Å²) in [6.45, 7) is 9.10. The maximum atomic E-state index is 11.6. The smallest absolute Gasteiger partial charge is 0.266 e. The fourth-order valence-corrected chi connectivity index (χ4v) is 10.1. The Balaban J connectivity index is 1.72. The molecule has 0 aliphatic rings. The van der Waals surface area contributed by atoms with Gasteiger partial charge in [-0.15, -0.1) is 0 Å². The molecule has 0 heterocycles. The van der Waals surface area contributed by atoms with E-state index in [0.29, 0.717) is 6.42 Å². The van der Waals surface area contributed by atoms with E-state index in [4.69, 9.17) is 24.4 Å². The molecule has 65 heavy (non-hydrogen) atoms. The molecule has 0 aliphatic carbocycles. The number of nitrogens with zero attached hydrogens (tertiary/aromatic N) is 2. The predicted octanol–water partition coefficient (Wildman–Crippen LogP) is 18.9. The van der Waals surface area contributed by atoms with Gasteiger partial charge >= 0.3 is 0 Å². The van der Waals surface area contributed by atoms with Crippen molar-refractivity contribution in [3.8, 4) is 0 Å². The summed E-state index contributed by atoms with van der Waals surface area (Å²) < 4.78 is 0. The highest BCUT2D eigenvalue weighted by atomic mass is 32.1. The van der Waals surface area contributed by atoms with Gasteiger partial charge in [0.05, 0.1) is 22.7 Å². The summed E-state index contributed by atoms with van der Waals surface area (Å²) in [4.78, 5) is 3.84. The van der Waals surface area contributed by atoms with Crippen molar-refractivity contribution in [2.24, 2.45) is 0 Å². The van der Waals surface area contributed by atoms with Crippen LogP contribution in [0.3, 0.4) is 0 Å². The minimum absolute atomic E-state index is 0.147. The quantitative estimate of drug-likeness (QED) is 0.0360. The van der Waals surface area contributed by atoms with Crippen molar-refractivity contribution < 1.29 is 10.2 Å². The highest BCUT2D eigenvalue weighted by Gasteiger charge is 2.25.